The van der Waals surface area contributed by atoms with Gasteiger partial charge in [0.05, 0.1) is 7.11 Å². The number of nitrogens with two attached hydrogens (primary N) is 1. The number of rotatable bonds is 4. The molecule has 27 heavy (non-hydrogen) atoms. The maximum Gasteiger partial charge on any atom is 0.343 e. The summed E-state index contributed by atoms with van der Waals surface area (Å²) < 4.78 is 10.5. The number of piperidine rings is 1. The van der Waals surface area contributed by atoms with E-state index in [-0.39, 0.29) is 17.4 Å². The first kappa shape index (κ1) is 20.2. The quantitative estimate of drug-likeness (QED) is 0.730. The molecular formula is C18H23N3O6. The number of hydrogen-bond acceptors (Lipinski definition) is 7. The lowest BCUT2D eigenvalue weighted by Crippen LogP contribution is -2.43. The second-order valence-electron chi connectivity index (χ2n) is 6.11. The minimum absolute atomic E-state index is 0.0199. The molecule has 1 aromatic carbocycles. The van der Waals surface area contributed by atoms with Gasteiger partial charge in [0, 0.05) is 31.6 Å². The van der Waals surface area contributed by atoms with Crippen molar-refractivity contribution in [2.45, 2.75) is 25.8 Å². The molecule has 0 aliphatic carbocycles. The van der Waals surface area contributed by atoms with Gasteiger partial charge < -0.3 is 30.1 Å². The van der Waals surface area contributed by atoms with Crippen molar-refractivity contribution in [3.8, 4) is 17.1 Å². The van der Waals surface area contributed by atoms with Crippen molar-refractivity contribution in [3.05, 3.63) is 29.8 Å². The van der Waals surface area contributed by atoms with E-state index in [1.807, 2.05) is 4.90 Å². The molecule has 1 fully saturated rings. The van der Waals surface area contributed by atoms with Crippen molar-refractivity contribution in [3.63, 3.8) is 0 Å². The van der Waals surface area contributed by atoms with Crippen LogP contribution in [-0.2, 0) is 4.79 Å². The predicted molar refractivity (Wildman–Crippen MR) is 98.2 cm³/mol. The zero-order chi connectivity index (χ0) is 20.0. The molecular weight excluding hydrogens is 354 g/mol. The van der Waals surface area contributed by atoms with Crippen LogP contribution in [0.15, 0.2) is 28.8 Å². The predicted octanol–water partition coefficient (Wildman–Crippen LogP) is 2.07. The van der Waals surface area contributed by atoms with Gasteiger partial charge in [-0.15, -0.1) is 0 Å². The largest absolute Gasteiger partial charge is 0.497 e. The number of aliphatic carboxylic acids is 1. The van der Waals surface area contributed by atoms with Crippen molar-refractivity contribution >= 4 is 17.8 Å². The Morgan fingerprint density at radius 1 is 1.30 bits per heavy atom. The number of nitrogens with zero attached hydrogens (tertiary/aromatic N) is 2. The van der Waals surface area contributed by atoms with E-state index in [0.717, 1.165) is 26.3 Å². The fourth-order valence-corrected chi connectivity index (χ4v) is 2.83. The number of methoxy groups -OCH3 is 1. The van der Waals surface area contributed by atoms with Crippen LogP contribution in [0.1, 0.15) is 30.1 Å². The molecule has 2 aromatic rings. The van der Waals surface area contributed by atoms with Crippen LogP contribution in [0.25, 0.3) is 11.3 Å². The number of anilines is 1. The molecule has 9 nitrogen and oxygen atoms in total. The second-order valence-corrected chi connectivity index (χ2v) is 6.11. The molecule has 1 aromatic heterocycles. The summed E-state index contributed by atoms with van der Waals surface area (Å²) in [5, 5.41) is 21.0. The summed E-state index contributed by atoms with van der Waals surface area (Å²) in [5.74, 6) is -0.619. The summed E-state index contributed by atoms with van der Waals surface area (Å²) in [5.41, 5.74) is 6.69. The highest BCUT2D eigenvalue weighted by molar-refractivity contribution is 5.99. The molecule has 3 rings (SSSR count). The number of carbonyl (C=O) groups is 2. The van der Waals surface area contributed by atoms with Crippen LogP contribution >= 0.6 is 0 Å². The summed E-state index contributed by atoms with van der Waals surface area (Å²) in [6.07, 6.45) is 1.84. The normalized spacial score (nSPS) is 16.3. The first-order valence-corrected chi connectivity index (χ1v) is 8.41. The van der Waals surface area contributed by atoms with Gasteiger partial charge in [-0.2, -0.15) is 0 Å². The molecule has 0 spiro atoms. The number of ether oxygens (including phenoxy) is 1. The molecule has 1 saturated heterocycles. The lowest BCUT2D eigenvalue weighted by atomic mass is 10.0. The molecule has 0 saturated carbocycles. The molecule has 2 heterocycles. The van der Waals surface area contributed by atoms with E-state index in [4.69, 9.17) is 24.9 Å². The Balaban J connectivity index is 0.000000596. The van der Waals surface area contributed by atoms with Crippen LogP contribution in [0.4, 0.5) is 5.82 Å². The Labute approximate surface area is 156 Å². The summed E-state index contributed by atoms with van der Waals surface area (Å²) in [6.45, 7) is 2.39. The second kappa shape index (κ2) is 9.04. The van der Waals surface area contributed by atoms with Crippen molar-refractivity contribution in [1.82, 2.24) is 5.16 Å². The lowest BCUT2D eigenvalue weighted by molar-refractivity contribution is -0.134. The van der Waals surface area contributed by atoms with E-state index in [9.17, 15) is 9.90 Å². The molecule has 1 aliphatic heterocycles. The highest BCUT2D eigenvalue weighted by Crippen LogP contribution is 2.33. The first-order chi connectivity index (χ1) is 12.8. The number of aromatic nitrogens is 1. The van der Waals surface area contributed by atoms with E-state index in [1.54, 1.807) is 31.4 Å². The number of hydrogen-bond donors (Lipinski definition) is 3. The third kappa shape index (κ3) is 5.20. The monoisotopic (exact) mass is 377 g/mol. The average Bonchev–Trinajstić information content (AvgIpc) is 3.07. The zero-order valence-electron chi connectivity index (χ0n) is 15.2. The zero-order valence-corrected chi connectivity index (χ0v) is 15.2. The number of benzene rings is 1. The van der Waals surface area contributed by atoms with Gasteiger partial charge in [0.15, 0.2) is 17.1 Å². The fraction of sp³-hybridized carbons (Fsp3) is 0.389. The Hall–Kier alpha value is -3.07. The molecule has 0 unspecified atom stereocenters. The van der Waals surface area contributed by atoms with Gasteiger partial charge in [0.2, 0.25) is 0 Å². The third-order valence-electron chi connectivity index (χ3n) is 4.00. The van der Waals surface area contributed by atoms with Crippen LogP contribution in [0.2, 0.25) is 0 Å². The average molecular weight is 377 g/mol. The van der Waals surface area contributed by atoms with Crippen molar-refractivity contribution in [2.24, 2.45) is 5.73 Å². The molecule has 4 N–H and O–H groups in total. The topological polar surface area (TPSA) is 139 Å². The van der Waals surface area contributed by atoms with E-state index in [2.05, 4.69) is 5.16 Å². The minimum atomic E-state index is -1.06. The van der Waals surface area contributed by atoms with E-state index in [1.165, 1.54) is 0 Å². The Morgan fingerprint density at radius 2 is 1.93 bits per heavy atom. The van der Waals surface area contributed by atoms with Gasteiger partial charge in [-0.3, -0.25) is 4.79 Å². The lowest BCUT2D eigenvalue weighted by Gasteiger charge is -2.30. The molecule has 9 heteroatoms. The first-order valence-electron chi connectivity index (χ1n) is 8.41. The van der Waals surface area contributed by atoms with E-state index < -0.39 is 11.9 Å². The summed E-state index contributed by atoms with van der Waals surface area (Å²) in [4.78, 5) is 22.6. The molecule has 146 valence electrons. The van der Waals surface area contributed by atoms with Gasteiger partial charge in [-0.25, -0.2) is 4.79 Å². The molecule has 1 aliphatic rings. The van der Waals surface area contributed by atoms with Crippen LogP contribution in [-0.4, -0.2) is 53.5 Å². The number of carboxylic acid groups (broad SMARTS) is 2. The Bertz CT molecular complexity index is 783. The number of aromatic carboxylic acids is 1. The smallest absolute Gasteiger partial charge is 0.343 e. The van der Waals surface area contributed by atoms with Gasteiger partial charge in [0.25, 0.3) is 5.97 Å². The van der Waals surface area contributed by atoms with Gasteiger partial charge in [-0.1, -0.05) is 5.16 Å². The van der Waals surface area contributed by atoms with Gasteiger partial charge in [-0.05, 0) is 37.1 Å². The molecule has 0 radical (unpaired) electrons. The number of carboxylic acids is 2. The maximum atomic E-state index is 11.7. The standard InChI is InChI=1S/C16H19N3O4.C2H4O2/c1-22-12-6-4-10(5-7-12)14-13(16(20)21)15(18-23-14)19-8-2-3-11(17)9-19;1-2(3)4/h4-7,11H,2-3,8-9,17H2,1H3,(H,20,21);1H3,(H,3,4)/t11-;/m0./s1. The SMILES string of the molecule is CC(=O)O.COc1ccc(-c2onc(N3CCC[C@H](N)C3)c2C(=O)O)cc1. The van der Waals surface area contributed by atoms with Gasteiger partial charge >= 0.3 is 5.97 Å². The van der Waals surface area contributed by atoms with Crippen LogP contribution in [0.5, 0.6) is 5.75 Å². The summed E-state index contributed by atoms with van der Waals surface area (Å²) >= 11 is 0. The molecule has 0 bridgehead atoms. The van der Waals surface area contributed by atoms with Crippen molar-refractivity contribution in [2.75, 3.05) is 25.1 Å². The van der Waals surface area contributed by atoms with Crippen LogP contribution < -0.4 is 15.4 Å². The summed E-state index contributed by atoms with van der Waals surface area (Å²) in [7, 11) is 1.57. The van der Waals surface area contributed by atoms with E-state index in [0.29, 0.717) is 23.7 Å². The third-order valence-corrected chi connectivity index (χ3v) is 4.00. The van der Waals surface area contributed by atoms with E-state index >= 15 is 0 Å². The maximum absolute atomic E-state index is 11.7. The minimum Gasteiger partial charge on any atom is -0.497 e. The van der Waals surface area contributed by atoms with Gasteiger partial charge in [0.1, 0.15) is 5.75 Å². The van der Waals surface area contributed by atoms with Crippen molar-refractivity contribution in [1.29, 1.82) is 0 Å². The van der Waals surface area contributed by atoms with Crippen molar-refractivity contribution < 1.29 is 29.1 Å². The molecule has 0 amide bonds. The van der Waals surface area contributed by atoms with Crippen LogP contribution in [0.3, 0.4) is 0 Å². The highest BCUT2D eigenvalue weighted by Gasteiger charge is 2.29. The fourth-order valence-electron chi connectivity index (χ4n) is 2.83. The van der Waals surface area contributed by atoms with Crippen LogP contribution in [0, 0.1) is 0 Å². The highest BCUT2D eigenvalue weighted by atomic mass is 16.5. The summed E-state index contributed by atoms with van der Waals surface area (Å²) in [6, 6.07) is 7.01. The Kier molecular flexibility index (Phi) is 6.78. The Morgan fingerprint density at radius 3 is 2.44 bits per heavy atom. The molecule has 1 atom stereocenters.